The van der Waals surface area contributed by atoms with Crippen LogP contribution in [0.3, 0.4) is 0 Å². The van der Waals surface area contributed by atoms with Gasteiger partial charge in [0, 0.05) is 6.04 Å². The minimum atomic E-state index is 0.0986. The molecule has 1 fully saturated rings. The number of ether oxygens (including phenoxy) is 1. The van der Waals surface area contributed by atoms with Crippen molar-refractivity contribution >= 4 is 11.6 Å². The SMILES string of the molecule is COc1ccc(C(N)CC2CCCC2)cc1Cl. The second-order valence-corrected chi connectivity index (χ2v) is 5.29. The highest BCUT2D eigenvalue weighted by Gasteiger charge is 2.19. The van der Waals surface area contributed by atoms with Crippen LogP contribution >= 0.6 is 11.6 Å². The molecule has 1 aromatic carbocycles. The van der Waals surface area contributed by atoms with Crippen LogP contribution in [0.4, 0.5) is 0 Å². The summed E-state index contributed by atoms with van der Waals surface area (Å²) in [7, 11) is 1.62. The third-order valence-electron chi connectivity index (χ3n) is 3.67. The fourth-order valence-electron chi connectivity index (χ4n) is 2.65. The molecule has 0 saturated heterocycles. The molecule has 17 heavy (non-hydrogen) atoms. The molecule has 2 rings (SSSR count). The average molecular weight is 254 g/mol. The Morgan fingerprint density at radius 2 is 2.12 bits per heavy atom. The minimum absolute atomic E-state index is 0.0986. The maximum Gasteiger partial charge on any atom is 0.137 e. The second kappa shape index (κ2) is 5.74. The number of benzene rings is 1. The molecule has 94 valence electrons. The predicted molar refractivity (Wildman–Crippen MR) is 71.5 cm³/mol. The molecular weight excluding hydrogens is 234 g/mol. The van der Waals surface area contributed by atoms with E-state index in [0.29, 0.717) is 10.8 Å². The van der Waals surface area contributed by atoms with Crippen LogP contribution in [0.5, 0.6) is 5.75 Å². The van der Waals surface area contributed by atoms with E-state index in [4.69, 9.17) is 22.1 Å². The second-order valence-electron chi connectivity index (χ2n) is 4.89. The number of rotatable bonds is 4. The van der Waals surface area contributed by atoms with Crippen molar-refractivity contribution in [1.29, 1.82) is 0 Å². The average Bonchev–Trinajstić information content (AvgIpc) is 2.81. The van der Waals surface area contributed by atoms with Crippen LogP contribution in [0, 0.1) is 5.92 Å². The van der Waals surface area contributed by atoms with Gasteiger partial charge in [0.05, 0.1) is 12.1 Å². The van der Waals surface area contributed by atoms with Crippen LogP contribution in [-0.2, 0) is 0 Å². The van der Waals surface area contributed by atoms with Crippen molar-refractivity contribution in [1.82, 2.24) is 0 Å². The zero-order valence-corrected chi connectivity index (χ0v) is 11.0. The van der Waals surface area contributed by atoms with Gasteiger partial charge in [-0.05, 0) is 30.0 Å². The molecular formula is C14H20ClNO. The molecule has 2 N–H and O–H groups in total. The molecule has 1 aliphatic rings. The van der Waals surface area contributed by atoms with Crippen molar-refractivity contribution in [3.63, 3.8) is 0 Å². The van der Waals surface area contributed by atoms with Gasteiger partial charge in [-0.1, -0.05) is 43.4 Å². The molecule has 0 radical (unpaired) electrons. The first-order valence-corrected chi connectivity index (χ1v) is 6.67. The number of nitrogens with two attached hydrogens (primary N) is 1. The van der Waals surface area contributed by atoms with E-state index in [1.54, 1.807) is 7.11 Å². The van der Waals surface area contributed by atoms with Crippen LogP contribution in [0.1, 0.15) is 43.7 Å². The molecule has 0 heterocycles. The molecule has 1 aromatic rings. The molecule has 0 aromatic heterocycles. The molecule has 3 heteroatoms. The fraction of sp³-hybridized carbons (Fsp3) is 0.571. The van der Waals surface area contributed by atoms with E-state index in [2.05, 4.69) is 0 Å². The summed E-state index contributed by atoms with van der Waals surface area (Å²) in [6.07, 6.45) is 6.46. The maximum absolute atomic E-state index is 6.24. The van der Waals surface area contributed by atoms with Gasteiger partial charge in [0.1, 0.15) is 5.75 Å². The third kappa shape index (κ3) is 3.14. The number of hydrogen-bond acceptors (Lipinski definition) is 2. The molecule has 1 aliphatic carbocycles. The molecule has 1 unspecified atom stereocenters. The summed E-state index contributed by atoms with van der Waals surface area (Å²) >= 11 is 6.11. The van der Waals surface area contributed by atoms with Crippen LogP contribution < -0.4 is 10.5 Å². The van der Waals surface area contributed by atoms with Crippen molar-refractivity contribution in [2.75, 3.05) is 7.11 Å². The minimum Gasteiger partial charge on any atom is -0.495 e. The predicted octanol–water partition coefficient (Wildman–Crippen LogP) is 3.93. The lowest BCUT2D eigenvalue weighted by Gasteiger charge is -2.17. The van der Waals surface area contributed by atoms with E-state index in [0.717, 1.165) is 17.9 Å². The zero-order chi connectivity index (χ0) is 12.3. The summed E-state index contributed by atoms with van der Waals surface area (Å²) in [5, 5.41) is 0.645. The Morgan fingerprint density at radius 1 is 1.41 bits per heavy atom. The molecule has 0 spiro atoms. The Hall–Kier alpha value is -0.730. The van der Waals surface area contributed by atoms with E-state index in [-0.39, 0.29) is 6.04 Å². The van der Waals surface area contributed by atoms with Gasteiger partial charge < -0.3 is 10.5 Å². The Bertz CT molecular complexity index is 374. The highest BCUT2D eigenvalue weighted by atomic mass is 35.5. The number of methoxy groups -OCH3 is 1. The highest BCUT2D eigenvalue weighted by Crippen LogP contribution is 2.34. The highest BCUT2D eigenvalue weighted by molar-refractivity contribution is 6.32. The fourth-order valence-corrected chi connectivity index (χ4v) is 2.92. The summed E-state index contributed by atoms with van der Waals surface area (Å²) in [6.45, 7) is 0. The first-order chi connectivity index (χ1) is 8.20. The number of halogens is 1. The van der Waals surface area contributed by atoms with E-state index in [1.165, 1.54) is 25.7 Å². The molecule has 0 aliphatic heterocycles. The lowest BCUT2D eigenvalue weighted by molar-refractivity contribution is 0.414. The van der Waals surface area contributed by atoms with Gasteiger partial charge in [-0.15, -0.1) is 0 Å². The van der Waals surface area contributed by atoms with Crippen molar-refractivity contribution in [3.8, 4) is 5.75 Å². The van der Waals surface area contributed by atoms with E-state index in [9.17, 15) is 0 Å². The van der Waals surface area contributed by atoms with Gasteiger partial charge in [0.25, 0.3) is 0 Å². The smallest absolute Gasteiger partial charge is 0.137 e. The first-order valence-electron chi connectivity index (χ1n) is 6.29. The molecule has 1 atom stereocenters. The summed E-state index contributed by atoms with van der Waals surface area (Å²) in [5.74, 6) is 1.51. The van der Waals surface area contributed by atoms with Crippen molar-refractivity contribution < 1.29 is 4.74 Å². The van der Waals surface area contributed by atoms with Gasteiger partial charge in [0.15, 0.2) is 0 Å². The maximum atomic E-state index is 6.24. The lowest BCUT2D eigenvalue weighted by Crippen LogP contribution is -2.14. The Kier molecular flexibility index (Phi) is 4.30. The molecule has 2 nitrogen and oxygen atoms in total. The Labute approximate surface area is 108 Å². The van der Waals surface area contributed by atoms with E-state index < -0.39 is 0 Å². The quantitative estimate of drug-likeness (QED) is 0.883. The lowest BCUT2D eigenvalue weighted by atomic mass is 9.94. The van der Waals surface area contributed by atoms with Crippen LogP contribution in [0.15, 0.2) is 18.2 Å². The van der Waals surface area contributed by atoms with Crippen molar-refractivity contribution in [2.24, 2.45) is 11.7 Å². The topological polar surface area (TPSA) is 35.2 Å². The summed E-state index contributed by atoms with van der Waals surface area (Å²) < 4.78 is 5.14. The van der Waals surface area contributed by atoms with Gasteiger partial charge in [0.2, 0.25) is 0 Å². The standard InChI is InChI=1S/C14H20ClNO/c1-17-14-7-6-11(9-12(14)15)13(16)8-10-4-2-3-5-10/h6-7,9-10,13H,2-5,8,16H2,1H3. The van der Waals surface area contributed by atoms with Gasteiger partial charge in [-0.2, -0.15) is 0 Å². The molecule has 1 saturated carbocycles. The first kappa shape index (κ1) is 12.7. The Morgan fingerprint density at radius 3 is 2.71 bits per heavy atom. The summed E-state index contributed by atoms with van der Waals surface area (Å²) in [5.41, 5.74) is 7.35. The largest absolute Gasteiger partial charge is 0.495 e. The van der Waals surface area contributed by atoms with Crippen molar-refractivity contribution in [3.05, 3.63) is 28.8 Å². The summed E-state index contributed by atoms with van der Waals surface area (Å²) in [4.78, 5) is 0. The monoisotopic (exact) mass is 253 g/mol. The van der Waals surface area contributed by atoms with Gasteiger partial charge >= 0.3 is 0 Å². The van der Waals surface area contributed by atoms with Crippen LogP contribution in [0.2, 0.25) is 5.02 Å². The normalized spacial score (nSPS) is 18.3. The van der Waals surface area contributed by atoms with E-state index >= 15 is 0 Å². The van der Waals surface area contributed by atoms with Gasteiger partial charge in [-0.3, -0.25) is 0 Å². The molecule has 0 amide bonds. The number of hydrogen-bond donors (Lipinski definition) is 1. The Balaban J connectivity index is 2.02. The summed E-state index contributed by atoms with van der Waals surface area (Å²) in [6, 6.07) is 5.94. The van der Waals surface area contributed by atoms with Crippen LogP contribution in [-0.4, -0.2) is 7.11 Å². The zero-order valence-electron chi connectivity index (χ0n) is 10.3. The van der Waals surface area contributed by atoms with E-state index in [1.807, 2.05) is 18.2 Å². The third-order valence-corrected chi connectivity index (χ3v) is 3.96. The van der Waals surface area contributed by atoms with Gasteiger partial charge in [-0.25, -0.2) is 0 Å². The van der Waals surface area contributed by atoms with Crippen molar-refractivity contribution in [2.45, 2.75) is 38.1 Å². The van der Waals surface area contributed by atoms with Crippen LogP contribution in [0.25, 0.3) is 0 Å². The molecule has 0 bridgehead atoms.